The predicted octanol–water partition coefficient (Wildman–Crippen LogP) is 11.0. The van der Waals surface area contributed by atoms with Gasteiger partial charge in [-0.15, -0.1) is 0 Å². The first-order valence-electron chi connectivity index (χ1n) is 20.1. The van der Waals surface area contributed by atoms with Gasteiger partial charge in [0, 0.05) is 6.42 Å². The zero-order valence-corrected chi connectivity index (χ0v) is 33.5. The fourth-order valence-electron chi connectivity index (χ4n) is 5.39. The lowest BCUT2D eigenvalue weighted by Gasteiger charge is -2.28. The monoisotopic (exact) mass is 716 g/mol. The maximum Gasteiger partial charge on any atom is 0.306 e. The lowest BCUT2D eigenvalue weighted by atomic mass is 10.1. The van der Waals surface area contributed by atoms with Crippen molar-refractivity contribution in [3.63, 3.8) is 0 Å². The van der Waals surface area contributed by atoms with Crippen molar-refractivity contribution in [2.24, 2.45) is 0 Å². The molecule has 0 amide bonds. The Morgan fingerprint density at radius 3 is 1.57 bits per heavy atom. The molecule has 0 bridgehead atoms. The SMILES string of the molecule is CCCCCCCC/C=C\CCCCCC/C=C\OC[C@H](COP(=O)([O-])OCC[N+](C)(C)C)OC(=O)CCCCCCCCCCCCC. The van der Waals surface area contributed by atoms with E-state index in [9.17, 15) is 14.3 Å². The van der Waals surface area contributed by atoms with Crippen molar-refractivity contribution in [1.82, 2.24) is 0 Å². The van der Waals surface area contributed by atoms with Crippen LogP contribution in [0.15, 0.2) is 24.5 Å². The third-order valence-corrected chi connectivity index (χ3v) is 9.53. The van der Waals surface area contributed by atoms with Crippen LogP contribution >= 0.6 is 7.82 Å². The van der Waals surface area contributed by atoms with Gasteiger partial charge in [-0.05, 0) is 51.0 Å². The van der Waals surface area contributed by atoms with E-state index < -0.39 is 13.9 Å². The molecule has 2 atom stereocenters. The number of carbonyl (C=O) groups is 1. The fraction of sp³-hybridized carbons (Fsp3) is 0.875. The number of carbonyl (C=O) groups excluding carboxylic acids is 1. The number of phosphoric acid groups is 1. The Kier molecular flexibility index (Phi) is 33.1. The van der Waals surface area contributed by atoms with Gasteiger partial charge < -0.3 is 27.9 Å². The van der Waals surface area contributed by atoms with Crippen LogP contribution < -0.4 is 4.89 Å². The van der Waals surface area contributed by atoms with E-state index in [1.807, 2.05) is 27.2 Å². The fourth-order valence-corrected chi connectivity index (χ4v) is 6.12. The molecule has 0 rings (SSSR count). The van der Waals surface area contributed by atoms with Gasteiger partial charge >= 0.3 is 5.97 Å². The average molecular weight is 716 g/mol. The Balaban J connectivity index is 4.33. The summed E-state index contributed by atoms with van der Waals surface area (Å²) in [6.45, 7) is 4.71. The Hall–Kier alpha value is -1.18. The smallest absolute Gasteiger partial charge is 0.306 e. The molecule has 9 heteroatoms. The Morgan fingerprint density at radius 1 is 0.633 bits per heavy atom. The van der Waals surface area contributed by atoms with Crippen molar-refractivity contribution >= 4 is 13.8 Å². The maximum absolute atomic E-state index is 12.6. The van der Waals surface area contributed by atoms with Gasteiger partial charge in [0.2, 0.25) is 0 Å². The molecular formula is C40H78NO7P. The van der Waals surface area contributed by atoms with Crippen molar-refractivity contribution in [3.8, 4) is 0 Å². The second kappa shape index (κ2) is 33.9. The van der Waals surface area contributed by atoms with Crippen molar-refractivity contribution in [1.29, 1.82) is 0 Å². The topological polar surface area (TPSA) is 94.1 Å². The number of rotatable bonds is 37. The quantitative estimate of drug-likeness (QED) is 0.0158. The molecule has 0 heterocycles. The molecule has 0 aliphatic carbocycles. The van der Waals surface area contributed by atoms with Crippen molar-refractivity contribution in [3.05, 3.63) is 24.5 Å². The van der Waals surface area contributed by atoms with Crippen LogP contribution in [-0.2, 0) is 27.9 Å². The molecule has 8 nitrogen and oxygen atoms in total. The van der Waals surface area contributed by atoms with Gasteiger partial charge in [-0.25, -0.2) is 0 Å². The van der Waals surface area contributed by atoms with Crippen LogP contribution in [0.4, 0.5) is 0 Å². The van der Waals surface area contributed by atoms with E-state index in [-0.39, 0.29) is 25.8 Å². The number of phosphoric ester groups is 1. The van der Waals surface area contributed by atoms with E-state index >= 15 is 0 Å². The first kappa shape index (κ1) is 47.8. The number of unbranched alkanes of at least 4 members (excludes halogenated alkanes) is 21. The van der Waals surface area contributed by atoms with Gasteiger partial charge in [0.05, 0.1) is 34.0 Å². The lowest BCUT2D eigenvalue weighted by molar-refractivity contribution is -0.870. The van der Waals surface area contributed by atoms with Gasteiger partial charge in [-0.1, -0.05) is 135 Å². The van der Waals surface area contributed by atoms with Crippen molar-refractivity contribution in [2.75, 3.05) is 47.5 Å². The molecule has 0 fully saturated rings. The number of esters is 1. The summed E-state index contributed by atoms with van der Waals surface area (Å²) >= 11 is 0. The number of quaternary nitrogens is 1. The third-order valence-electron chi connectivity index (χ3n) is 8.57. The van der Waals surface area contributed by atoms with Crippen LogP contribution in [0, 0.1) is 0 Å². The van der Waals surface area contributed by atoms with Crippen LogP contribution in [0.1, 0.15) is 174 Å². The van der Waals surface area contributed by atoms with Gasteiger partial charge in [0.25, 0.3) is 7.82 Å². The summed E-state index contributed by atoms with van der Waals surface area (Å²) in [6.07, 6.45) is 37.0. The maximum atomic E-state index is 12.6. The molecule has 49 heavy (non-hydrogen) atoms. The molecule has 0 aliphatic heterocycles. The standard InChI is InChI=1S/C40H78NO7P/c1-6-8-10-12-14-16-18-19-20-21-22-24-26-28-30-32-35-45-37-39(38-47-49(43,44)46-36-34-41(3,4)5)48-40(42)33-31-29-27-25-23-17-15-13-11-9-7-2/h19-20,32,35,39H,6-18,21-31,33-34,36-38H2,1-5H3/b20-19-,35-32-/t39-/m1/s1. The largest absolute Gasteiger partial charge is 0.756 e. The zero-order valence-electron chi connectivity index (χ0n) is 32.6. The summed E-state index contributed by atoms with van der Waals surface area (Å²) in [4.78, 5) is 24.9. The van der Waals surface area contributed by atoms with E-state index in [0.717, 1.165) is 38.5 Å². The highest BCUT2D eigenvalue weighted by molar-refractivity contribution is 7.45. The third kappa shape index (κ3) is 37.9. The molecule has 0 aliphatic rings. The molecule has 0 radical (unpaired) electrons. The molecule has 0 aromatic heterocycles. The number of ether oxygens (including phenoxy) is 2. The Morgan fingerprint density at radius 2 is 1.08 bits per heavy atom. The van der Waals surface area contributed by atoms with E-state index in [1.54, 1.807) is 6.26 Å². The number of likely N-dealkylation sites (N-methyl/N-ethyl adjacent to an activating group) is 1. The second-order valence-corrected chi connectivity index (χ2v) is 16.1. The highest BCUT2D eigenvalue weighted by Gasteiger charge is 2.20. The van der Waals surface area contributed by atoms with Crippen molar-refractivity contribution < 1.29 is 37.3 Å². The lowest BCUT2D eigenvalue weighted by Crippen LogP contribution is -2.37. The first-order chi connectivity index (χ1) is 23.6. The summed E-state index contributed by atoms with van der Waals surface area (Å²) in [5.41, 5.74) is 0. The number of hydrogen-bond acceptors (Lipinski definition) is 7. The van der Waals surface area contributed by atoms with Gasteiger partial charge in [0.1, 0.15) is 19.8 Å². The Bertz CT molecular complexity index is 843. The van der Waals surface area contributed by atoms with Crippen LogP contribution in [0.3, 0.4) is 0 Å². The first-order valence-corrected chi connectivity index (χ1v) is 21.6. The highest BCUT2D eigenvalue weighted by atomic mass is 31.2. The molecule has 0 saturated carbocycles. The zero-order chi connectivity index (χ0) is 36.3. The summed E-state index contributed by atoms with van der Waals surface area (Å²) in [7, 11) is 1.32. The number of hydrogen-bond donors (Lipinski definition) is 0. The summed E-state index contributed by atoms with van der Waals surface area (Å²) in [5, 5.41) is 0. The molecule has 290 valence electrons. The van der Waals surface area contributed by atoms with Crippen LogP contribution in [0.2, 0.25) is 0 Å². The predicted molar refractivity (Wildman–Crippen MR) is 203 cm³/mol. The second-order valence-electron chi connectivity index (χ2n) is 14.7. The van der Waals surface area contributed by atoms with Crippen LogP contribution in [-0.4, -0.2) is 64.1 Å². The molecule has 0 aromatic carbocycles. The minimum Gasteiger partial charge on any atom is -0.756 e. The minimum absolute atomic E-state index is 0.0166. The van der Waals surface area contributed by atoms with E-state index in [4.69, 9.17) is 18.5 Å². The summed E-state index contributed by atoms with van der Waals surface area (Å²) < 4.78 is 34.2. The summed E-state index contributed by atoms with van der Waals surface area (Å²) in [5.74, 6) is -0.360. The average Bonchev–Trinajstić information content (AvgIpc) is 3.04. The molecule has 0 spiro atoms. The molecule has 0 aromatic rings. The molecule has 0 N–H and O–H groups in total. The highest BCUT2D eigenvalue weighted by Crippen LogP contribution is 2.38. The van der Waals surface area contributed by atoms with E-state index in [1.165, 1.54) is 116 Å². The van der Waals surface area contributed by atoms with Gasteiger partial charge in [-0.2, -0.15) is 0 Å². The summed E-state index contributed by atoms with van der Waals surface area (Å²) in [6, 6.07) is 0. The molecule has 1 unspecified atom stereocenters. The molecular weight excluding hydrogens is 637 g/mol. The van der Waals surface area contributed by atoms with Gasteiger partial charge in [-0.3, -0.25) is 9.36 Å². The van der Waals surface area contributed by atoms with Gasteiger partial charge in [0.15, 0.2) is 6.10 Å². The number of nitrogens with zero attached hydrogens (tertiary/aromatic N) is 1. The van der Waals surface area contributed by atoms with E-state index in [0.29, 0.717) is 17.4 Å². The number of allylic oxidation sites excluding steroid dienone is 3. The Labute approximate surface area is 303 Å². The normalized spacial score (nSPS) is 14.1. The van der Waals surface area contributed by atoms with Crippen molar-refractivity contribution in [2.45, 2.75) is 180 Å². The van der Waals surface area contributed by atoms with Crippen LogP contribution in [0.5, 0.6) is 0 Å². The van der Waals surface area contributed by atoms with E-state index in [2.05, 4.69) is 26.0 Å². The molecule has 0 saturated heterocycles. The minimum atomic E-state index is -4.53. The van der Waals surface area contributed by atoms with Crippen LogP contribution in [0.25, 0.3) is 0 Å².